The minimum absolute atomic E-state index is 0.00692. The molecule has 5 aliphatic rings. The van der Waals surface area contributed by atoms with Crippen LogP contribution in [0.3, 0.4) is 0 Å². The van der Waals surface area contributed by atoms with Crippen LogP contribution in [0.25, 0.3) is 6.08 Å². The molecule has 3 N–H and O–H groups in total. The van der Waals surface area contributed by atoms with Gasteiger partial charge in [-0.1, -0.05) is 43.3 Å². The number of phenols is 2. The summed E-state index contributed by atoms with van der Waals surface area (Å²) in [6.07, 6.45) is 4.39. The summed E-state index contributed by atoms with van der Waals surface area (Å²) < 4.78 is 36.7. The summed E-state index contributed by atoms with van der Waals surface area (Å²) in [6, 6.07) is 13.9. The van der Waals surface area contributed by atoms with Gasteiger partial charge < -0.3 is 38.6 Å². The van der Waals surface area contributed by atoms with Crippen molar-refractivity contribution in [1.29, 1.82) is 0 Å². The lowest BCUT2D eigenvalue weighted by molar-refractivity contribution is -0.155. The van der Waals surface area contributed by atoms with Gasteiger partial charge in [0.1, 0.15) is 12.4 Å². The monoisotopic (exact) mass is 863 g/mol. The number of aromatic hydroxyl groups is 2. The van der Waals surface area contributed by atoms with Crippen LogP contribution in [0.1, 0.15) is 69.1 Å². The van der Waals surface area contributed by atoms with E-state index in [0.29, 0.717) is 76.9 Å². The topological polar surface area (TPSA) is 148 Å². The molecule has 5 heterocycles. The van der Waals surface area contributed by atoms with Gasteiger partial charge in [-0.25, -0.2) is 9.59 Å². The van der Waals surface area contributed by atoms with Crippen molar-refractivity contribution in [3.63, 3.8) is 0 Å². The Labute approximate surface area is 365 Å². The highest BCUT2D eigenvalue weighted by molar-refractivity contribution is 8.00. The van der Waals surface area contributed by atoms with Crippen molar-refractivity contribution in [3.05, 3.63) is 105 Å². The number of rotatable bonds is 6. The van der Waals surface area contributed by atoms with Crippen LogP contribution in [-0.4, -0.2) is 103 Å². The van der Waals surface area contributed by atoms with Gasteiger partial charge in [0, 0.05) is 64.5 Å². The molecule has 62 heavy (non-hydrogen) atoms. The summed E-state index contributed by atoms with van der Waals surface area (Å²) in [7, 11) is 5.20. The molecule has 5 unspecified atom stereocenters. The van der Waals surface area contributed by atoms with E-state index in [4.69, 9.17) is 28.4 Å². The van der Waals surface area contributed by atoms with Gasteiger partial charge in [-0.15, -0.1) is 0 Å². The van der Waals surface area contributed by atoms with Gasteiger partial charge >= 0.3 is 11.9 Å². The highest BCUT2D eigenvalue weighted by Gasteiger charge is 2.54. The number of benzene rings is 4. The number of hydrogen-bond acceptors (Lipinski definition) is 14. The van der Waals surface area contributed by atoms with Crippen molar-refractivity contribution < 1.29 is 48.2 Å². The summed E-state index contributed by atoms with van der Waals surface area (Å²) >= 11 is 1.65. The van der Waals surface area contributed by atoms with E-state index in [1.165, 1.54) is 13.2 Å². The number of carbonyl (C=O) groups is 2. The van der Waals surface area contributed by atoms with Crippen LogP contribution < -0.4 is 29.0 Å². The summed E-state index contributed by atoms with van der Waals surface area (Å²) in [6.45, 7) is 8.86. The number of aryl methyl sites for hydroxylation is 1. The SMILES string of the molecule is COc1cc2c(cc1O)CCN[C@]21CSC(C)C2C3c4c(cc(C)c(OC)c4O)CC(CN2C(c2c(C)c(OC(=O)C=Cc4ccccc4)c(C)c4c2OCO4)COC1=O)N3C. The summed E-state index contributed by atoms with van der Waals surface area (Å²) in [5, 5.41) is 26.3. The van der Waals surface area contributed by atoms with Gasteiger partial charge in [0.15, 0.2) is 40.0 Å². The first-order valence-corrected chi connectivity index (χ1v) is 22.1. The lowest BCUT2D eigenvalue weighted by atomic mass is 9.77. The Kier molecular flexibility index (Phi) is 11.1. The van der Waals surface area contributed by atoms with E-state index in [2.05, 4.69) is 35.2 Å². The largest absolute Gasteiger partial charge is 0.504 e. The van der Waals surface area contributed by atoms with Crippen molar-refractivity contribution in [2.45, 2.75) is 75.5 Å². The number of carbonyl (C=O) groups excluding carboxylic acids is 2. The molecule has 5 aliphatic heterocycles. The van der Waals surface area contributed by atoms with E-state index in [-0.39, 0.29) is 54.0 Å². The van der Waals surface area contributed by atoms with E-state index >= 15 is 4.79 Å². The second-order valence-electron chi connectivity index (χ2n) is 16.9. The molecule has 6 atom stereocenters. The maximum Gasteiger partial charge on any atom is 0.336 e. The maximum atomic E-state index is 15.0. The number of phenolic OH excluding ortho intramolecular Hbond substituents is 2. The number of cyclic esters (lactones) is 1. The first-order chi connectivity index (χ1) is 29.9. The Balaban J connectivity index is 1.22. The zero-order chi connectivity index (χ0) is 43.6. The molecule has 0 aromatic heterocycles. The minimum Gasteiger partial charge on any atom is -0.504 e. The fourth-order valence-electron chi connectivity index (χ4n) is 10.5. The number of likely N-dealkylation sites (N-methyl/N-ethyl adjacent to an activating group) is 1. The van der Waals surface area contributed by atoms with Gasteiger partial charge in [-0.2, -0.15) is 11.8 Å². The molecular weight excluding hydrogens is 811 g/mol. The van der Waals surface area contributed by atoms with E-state index in [0.717, 1.165) is 27.8 Å². The molecule has 2 saturated heterocycles. The maximum absolute atomic E-state index is 15.0. The number of nitrogens with one attached hydrogen (secondary N) is 1. The van der Waals surface area contributed by atoms with Crippen LogP contribution in [0, 0.1) is 20.8 Å². The molecule has 9 rings (SSSR count). The Bertz CT molecular complexity index is 2480. The average Bonchev–Trinajstić information content (AvgIpc) is 3.75. The normalized spacial score (nSPS) is 25.7. The summed E-state index contributed by atoms with van der Waals surface area (Å²) in [4.78, 5) is 33.4. The first kappa shape index (κ1) is 41.9. The number of hydrogen-bond donors (Lipinski definition) is 3. The molecule has 0 saturated carbocycles. The number of esters is 2. The third-order valence-corrected chi connectivity index (χ3v) is 14.9. The van der Waals surface area contributed by atoms with Crippen LogP contribution >= 0.6 is 11.8 Å². The Hall–Kier alpha value is -5.41. The predicted octanol–water partition coefficient (Wildman–Crippen LogP) is 6.43. The van der Waals surface area contributed by atoms with Crippen molar-refractivity contribution in [1.82, 2.24) is 15.1 Å². The smallest absolute Gasteiger partial charge is 0.336 e. The van der Waals surface area contributed by atoms with Crippen LogP contribution in [0.4, 0.5) is 0 Å². The Morgan fingerprint density at radius 3 is 2.50 bits per heavy atom. The lowest BCUT2D eigenvalue weighted by Crippen LogP contribution is -2.65. The van der Waals surface area contributed by atoms with Crippen molar-refractivity contribution >= 4 is 29.8 Å². The molecule has 4 aromatic rings. The van der Waals surface area contributed by atoms with Gasteiger partial charge in [0.05, 0.1) is 26.3 Å². The number of nitrogens with zero attached hydrogens (tertiary/aromatic N) is 2. The molecule has 0 amide bonds. The van der Waals surface area contributed by atoms with Crippen LogP contribution in [0.5, 0.6) is 40.2 Å². The van der Waals surface area contributed by atoms with Crippen LogP contribution in [-0.2, 0) is 32.7 Å². The van der Waals surface area contributed by atoms with E-state index in [1.54, 1.807) is 37.1 Å². The van der Waals surface area contributed by atoms with Crippen molar-refractivity contribution in [2.24, 2.45) is 0 Å². The minimum atomic E-state index is -1.29. The van der Waals surface area contributed by atoms with Crippen LogP contribution in [0.2, 0.25) is 0 Å². The first-order valence-electron chi connectivity index (χ1n) is 21.1. The predicted molar refractivity (Wildman–Crippen MR) is 235 cm³/mol. The number of thioether (sulfide) groups is 1. The fraction of sp³-hybridized carbons (Fsp3) is 0.417. The number of ether oxygens (including phenoxy) is 6. The molecule has 2 bridgehead atoms. The second-order valence-corrected chi connectivity index (χ2v) is 18.3. The highest BCUT2D eigenvalue weighted by atomic mass is 32.2. The number of methoxy groups -OCH3 is 2. The van der Waals surface area contributed by atoms with Gasteiger partial charge in [0.25, 0.3) is 0 Å². The molecule has 0 radical (unpaired) electrons. The molecule has 14 heteroatoms. The molecule has 1 spiro atoms. The number of fused-ring (bicyclic) bond motifs is 9. The highest BCUT2D eigenvalue weighted by Crippen LogP contribution is 2.56. The number of piperazine rings is 1. The van der Waals surface area contributed by atoms with Gasteiger partial charge in [-0.3, -0.25) is 15.1 Å². The molecule has 13 nitrogen and oxygen atoms in total. The van der Waals surface area contributed by atoms with Crippen LogP contribution in [0.15, 0.2) is 54.6 Å². The molecular formula is C48H53N3O10S. The lowest BCUT2D eigenvalue weighted by Gasteiger charge is -2.58. The third-order valence-electron chi connectivity index (χ3n) is 13.5. The molecule has 0 aliphatic carbocycles. The summed E-state index contributed by atoms with van der Waals surface area (Å²) in [5.41, 5.74) is 5.85. The van der Waals surface area contributed by atoms with Crippen molar-refractivity contribution in [2.75, 3.05) is 53.5 Å². The Morgan fingerprint density at radius 1 is 0.968 bits per heavy atom. The summed E-state index contributed by atoms with van der Waals surface area (Å²) in [5.74, 6) is 1.48. The zero-order valence-electron chi connectivity index (χ0n) is 36.1. The Morgan fingerprint density at radius 2 is 1.74 bits per heavy atom. The van der Waals surface area contributed by atoms with E-state index in [1.807, 2.05) is 51.1 Å². The van der Waals surface area contributed by atoms with Crippen molar-refractivity contribution in [3.8, 4) is 40.2 Å². The average molecular weight is 864 g/mol. The third kappa shape index (κ3) is 6.82. The second kappa shape index (κ2) is 16.4. The van der Waals surface area contributed by atoms with E-state index < -0.39 is 23.5 Å². The standard InChI is InChI=1S/C48H53N3O10S/c1-25-17-31-18-32-21-51-34(38-26(2)44(27(3)45-46(38)60-24-59-45)61-37(53)14-13-29-11-9-8-10-12-29)22-58-47(55)48(33-20-36(56-6)35(52)19-30(33)15-16-49-48)23-62-28(4)40(51)41(50(32)5)39(31)42(54)43(25)57-7/h8-14,17,19-20,28,32,34,40-41,49,52,54H,15-16,18,21-24H2,1-7H3/t28?,32?,34?,40?,41?,48-/m1/s1. The zero-order valence-corrected chi connectivity index (χ0v) is 36.9. The van der Waals surface area contributed by atoms with E-state index in [9.17, 15) is 15.0 Å². The fourth-order valence-corrected chi connectivity index (χ4v) is 11.9. The van der Waals surface area contributed by atoms with Gasteiger partial charge in [-0.05, 0) is 86.7 Å². The van der Waals surface area contributed by atoms with Gasteiger partial charge in [0.2, 0.25) is 6.79 Å². The molecule has 326 valence electrons. The molecule has 4 aromatic carbocycles. The quantitative estimate of drug-likeness (QED) is 0.111. The molecule has 2 fully saturated rings.